The molecule has 2 bridgehead atoms. The minimum Gasteiger partial charge on any atom is -0.390 e. The standard InChI is InChI=1S/C17H31NO/c1-13(2)12-18-7-5-17(19,6-8-18)11-16-10-14-3-4-15(16)9-14/h13-16,19H,3-12H2,1-2H3. The largest absolute Gasteiger partial charge is 0.390 e. The van der Waals surface area contributed by atoms with E-state index in [1.165, 1.54) is 32.2 Å². The maximum Gasteiger partial charge on any atom is 0.0674 e. The molecule has 1 aliphatic heterocycles. The molecule has 2 nitrogen and oxygen atoms in total. The van der Waals surface area contributed by atoms with Gasteiger partial charge < -0.3 is 10.0 Å². The van der Waals surface area contributed by atoms with Gasteiger partial charge >= 0.3 is 0 Å². The van der Waals surface area contributed by atoms with Crippen LogP contribution < -0.4 is 0 Å². The number of hydrogen-bond acceptors (Lipinski definition) is 2. The second-order valence-electron chi connectivity index (χ2n) is 8.06. The molecule has 0 aromatic rings. The van der Waals surface area contributed by atoms with Crippen molar-refractivity contribution in [3.63, 3.8) is 0 Å². The fourth-order valence-electron chi connectivity index (χ4n) is 4.99. The van der Waals surface area contributed by atoms with E-state index in [9.17, 15) is 5.11 Å². The first kappa shape index (κ1) is 13.9. The number of aliphatic hydroxyl groups is 1. The van der Waals surface area contributed by atoms with Gasteiger partial charge in [0.15, 0.2) is 0 Å². The van der Waals surface area contributed by atoms with Crippen LogP contribution in [0.4, 0.5) is 0 Å². The number of hydrogen-bond donors (Lipinski definition) is 1. The molecular weight excluding hydrogens is 234 g/mol. The lowest BCUT2D eigenvalue weighted by atomic mass is 9.76. The van der Waals surface area contributed by atoms with Gasteiger partial charge in [0.25, 0.3) is 0 Å². The molecule has 3 atom stereocenters. The molecule has 0 spiro atoms. The van der Waals surface area contributed by atoms with Gasteiger partial charge in [-0.2, -0.15) is 0 Å². The fraction of sp³-hybridized carbons (Fsp3) is 1.00. The molecule has 1 N–H and O–H groups in total. The maximum absolute atomic E-state index is 10.9. The van der Waals surface area contributed by atoms with Crippen molar-refractivity contribution in [2.45, 2.75) is 64.4 Å². The fourth-order valence-corrected chi connectivity index (χ4v) is 4.99. The molecule has 19 heavy (non-hydrogen) atoms. The Hall–Kier alpha value is -0.0800. The Kier molecular flexibility index (Phi) is 3.92. The van der Waals surface area contributed by atoms with E-state index >= 15 is 0 Å². The zero-order valence-electron chi connectivity index (χ0n) is 12.8. The van der Waals surface area contributed by atoms with Crippen LogP contribution >= 0.6 is 0 Å². The van der Waals surface area contributed by atoms with Crippen molar-refractivity contribution in [3.05, 3.63) is 0 Å². The molecule has 2 heteroatoms. The van der Waals surface area contributed by atoms with Crippen molar-refractivity contribution in [3.8, 4) is 0 Å². The lowest BCUT2D eigenvalue weighted by molar-refractivity contribution is -0.0458. The number of rotatable bonds is 4. The zero-order chi connectivity index (χ0) is 13.5. The van der Waals surface area contributed by atoms with E-state index < -0.39 is 0 Å². The minimum atomic E-state index is -0.331. The number of piperidine rings is 1. The Morgan fingerprint density at radius 2 is 1.89 bits per heavy atom. The third-order valence-corrected chi connectivity index (χ3v) is 5.94. The minimum absolute atomic E-state index is 0.331. The van der Waals surface area contributed by atoms with E-state index in [-0.39, 0.29) is 5.60 Å². The lowest BCUT2D eigenvalue weighted by Gasteiger charge is -2.41. The summed E-state index contributed by atoms with van der Waals surface area (Å²) in [6, 6.07) is 0. The molecule has 1 saturated heterocycles. The Bertz CT molecular complexity index is 306. The van der Waals surface area contributed by atoms with Crippen molar-refractivity contribution in [1.29, 1.82) is 0 Å². The molecule has 0 radical (unpaired) electrons. The van der Waals surface area contributed by atoms with Gasteiger partial charge in [0, 0.05) is 19.6 Å². The molecule has 1 heterocycles. The predicted molar refractivity (Wildman–Crippen MR) is 79.0 cm³/mol. The quantitative estimate of drug-likeness (QED) is 0.843. The van der Waals surface area contributed by atoms with Crippen molar-refractivity contribution in [1.82, 2.24) is 4.90 Å². The molecule has 3 aliphatic rings. The van der Waals surface area contributed by atoms with Gasteiger partial charge in [0.05, 0.1) is 5.60 Å². The van der Waals surface area contributed by atoms with Gasteiger partial charge in [0.1, 0.15) is 0 Å². The van der Waals surface area contributed by atoms with Gasteiger partial charge in [0.2, 0.25) is 0 Å². The highest BCUT2D eigenvalue weighted by Crippen LogP contribution is 2.51. The highest BCUT2D eigenvalue weighted by atomic mass is 16.3. The number of fused-ring (bicyclic) bond motifs is 2. The maximum atomic E-state index is 10.9. The Labute approximate surface area is 118 Å². The van der Waals surface area contributed by atoms with Crippen molar-refractivity contribution < 1.29 is 5.11 Å². The molecule has 3 rings (SSSR count). The normalized spacial score (nSPS) is 38.2. The number of nitrogens with zero attached hydrogens (tertiary/aromatic N) is 1. The van der Waals surface area contributed by atoms with Crippen LogP contribution in [0.2, 0.25) is 0 Å². The van der Waals surface area contributed by atoms with Crippen LogP contribution in [0, 0.1) is 23.7 Å². The first-order chi connectivity index (χ1) is 9.04. The summed E-state index contributed by atoms with van der Waals surface area (Å²) in [7, 11) is 0. The van der Waals surface area contributed by atoms with Gasteiger partial charge in [-0.25, -0.2) is 0 Å². The summed E-state index contributed by atoms with van der Waals surface area (Å²) in [5, 5.41) is 10.9. The topological polar surface area (TPSA) is 23.5 Å². The van der Waals surface area contributed by atoms with Crippen LogP contribution in [0.15, 0.2) is 0 Å². The predicted octanol–water partition coefficient (Wildman–Crippen LogP) is 3.30. The molecule has 0 aromatic carbocycles. The molecular formula is C17H31NO. The lowest BCUT2D eigenvalue weighted by Crippen LogP contribution is -2.46. The van der Waals surface area contributed by atoms with Gasteiger partial charge in [-0.3, -0.25) is 0 Å². The van der Waals surface area contributed by atoms with Crippen molar-refractivity contribution in [2.24, 2.45) is 23.7 Å². The van der Waals surface area contributed by atoms with Gasteiger partial charge in [-0.15, -0.1) is 0 Å². The second-order valence-corrected chi connectivity index (χ2v) is 8.06. The summed E-state index contributed by atoms with van der Waals surface area (Å²) in [5.74, 6) is 3.57. The van der Waals surface area contributed by atoms with E-state index in [1.54, 1.807) is 0 Å². The molecule has 3 fully saturated rings. The van der Waals surface area contributed by atoms with E-state index in [0.29, 0.717) is 0 Å². The van der Waals surface area contributed by atoms with Crippen LogP contribution in [0.25, 0.3) is 0 Å². The Morgan fingerprint density at radius 3 is 2.42 bits per heavy atom. The average Bonchev–Trinajstić information content (AvgIpc) is 2.94. The summed E-state index contributed by atoms with van der Waals surface area (Å²) in [4.78, 5) is 2.54. The summed E-state index contributed by atoms with van der Waals surface area (Å²) < 4.78 is 0. The van der Waals surface area contributed by atoms with Crippen LogP contribution in [0.3, 0.4) is 0 Å². The van der Waals surface area contributed by atoms with Crippen LogP contribution in [-0.4, -0.2) is 35.2 Å². The highest BCUT2D eigenvalue weighted by Gasteiger charge is 2.44. The highest BCUT2D eigenvalue weighted by molar-refractivity contribution is 4.95. The van der Waals surface area contributed by atoms with Crippen molar-refractivity contribution in [2.75, 3.05) is 19.6 Å². The number of likely N-dealkylation sites (tertiary alicyclic amines) is 1. The first-order valence-corrected chi connectivity index (χ1v) is 8.49. The SMILES string of the molecule is CC(C)CN1CCC(O)(CC2CC3CCC2C3)CC1. The molecule has 0 aromatic heterocycles. The summed E-state index contributed by atoms with van der Waals surface area (Å²) in [5.41, 5.74) is -0.331. The Balaban J connectivity index is 1.49. The average molecular weight is 265 g/mol. The monoisotopic (exact) mass is 265 g/mol. The Morgan fingerprint density at radius 1 is 1.16 bits per heavy atom. The van der Waals surface area contributed by atoms with Gasteiger partial charge in [-0.05, 0) is 62.2 Å². The van der Waals surface area contributed by atoms with Crippen molar-refractivity contribution >= 4 is 0 Å². The summed E-state index contributed by atoms with van der Waals surface area (Å²) in [6.07, 6.45) is 8.93. The zero-order valence-corrected chi connectivity index (χ0v) is 12.8. The van der Waals surface area contributed by atoms with E-state index in [1.807, 2.05) is 0 Å². The molecule has 2 aliphatic carbocycles. The van der Waals surface area contributed by atoms with E-state index in [2.05, 4.69) is 18.7 Å². The van der Waals surface area contributed by atoms with Crippen LogP contribution in [0.5, 0.6) is 0 Å². The molecule has 110 valence electrons. The first-order valence-electron chi connectivity index (χ1n) is 8.49. The second kappa shape index (κ2) is 5.37. The summed E-state index contributed by atoms with van der Waals surface area (Å²) >= 11 is 0. The van der Waals surface area contributed by atoms with E-state index in [0.717, 1.165) is 56.0 Å². The molecule has 0 amide bonds. The summed E-state index contributed by atoms with van der Waals surface area (Å²) in [6.45, 7) is 7.99. The smallest absolute Gasteiger partial charge is 0.0674 e. The molecule has 2 saturated carbocycles. The van der Waals surface area contributed by atoms with Crippen LogP contribution in [0.1, 0.15) is 58.8 Å². The van der Waals surface area contributed by atoms with E-state index in [4.69, 9.17) is 0 Å². The van der Waals surface area contributed by atoms with Crippen LogP contribution in [-0.2, 0) is 0 Å². The molecule has 3 unspecified atom stereocenters. The van der Waals surface area contributed by atoms with Gasteiger partial charge in [-0.1, -0.05) is 20.3 Å². The third-order valence-electron chi connectivity index (χ3n) is 5.94. The third kappa shape index (κ3) is 3.16.